The lowest BCUT2D eigenvalue weighted by atomic mass is 9.81. The predicted molar refractivity (Wildman–Crippen MR) is 216 cm³/mol. The number of aromatic nitrogens is 1. The van der Waals surface area contributed by atoms with Gasteiger partial charge in [0, 0.05) is 38.6 Å². The van der Waals surface area contributed by atoms with Crippen LogP contribution in [0.15, 0.2) is 182 Å². The van der Waals surface area contributed by atoms with E-state index in [-0.39, 0.29) is 5.41 Å². The van der Waals surface area contributed by atoms with E-state index < -0.39 is 0 Å². The Morgan fingerprint density at radius 2 is 1.04 bits per heavy atom. The van der Waals surface area contributed by atoms with Gasteiger partial charge < -0.3 is 9.47 Å². The van der Waals surface area contributed by atoms with Crippen LogP contribution in [0.5, 0.6) is 0 Å². The molecule has 0 aliphatic heterocycles. The van der Waals surface area contributed by atoms with Gasteiger partial charge in [-0.25, -0.2) is 0 Å². The summed E-state index contributed by atoms with van der Waals surface area (Å²) < 4.78 is 2.38. The Bertz CT molecular complexity index is 2770. The third-order valence-electron chi connectivity index (χ3n) is 11.0. The van der Waals surface area contributed by atoms with Crippen LogP contribution in [0.2, 0.25) is 0 Å². The minimum atomic E-state index is -0.0515. The van der Waals surface area contributed by atoms with E-state index in [9.17, 15) is 0 Å². The van der Waals surface area contributed by atoms with Crippen molar-refractivity contribution in [3.63, 3.8) is 0 Å². The van der Waals surface area contributed by atoms with Crippen molar-refractivity contribution in [2.45, 2.75) is 19.3 Å². The fraction of sp³-hybridized carbons (Fsp3) is 0.0612. The van der Waals surface area contributed by atoms with Crippen molar-refractivity contribution in [1.82, 2.24) is 4.57 Å². The Labute approximate surface area is 298 Å². The minimum absolute atomic E-state index is 0.0515. The highest BCUT2D eigenvalue weighted by Gasteiger charge is 2.35. The molecule has 8 aromatic carbocycles. The Balaban J connectivity index is 1.16. The van der Waals surface area contributed by atoms with Gasteiger partial charge in [-0.05, 0) is 99.4 Å². The Kier molecular flexibility index (Phi) is 6.56. The van der Waals surface area contributed by atoms with Crippen LogP contribution >= 0.6 is 0 Å². The van der Waals surface area contributed by atoms with Gasteiger partial charge in [-0.15, -0.1) is 0 Å². The standard InChI is InChI=1S/C49H36N2/c1-49(2)44-23-13-11-20-39(44)40-27-25-33(31-45(40)49)37-28-30-47(41-21-10-9-19-38(37)41)50(34-15-5-3-6-16-34)36-26-29-48-43(32-36)42-22-12-14-24-46(42)51(48)35-17-7-4-8-18-35/h3-32H,1-2H3. The van der Waals surface area contributed by atoms with Crippen LogP contribution in [0.3, 0.4) is 0 Å². The number of para-hydroxylation sites is 3. The molecule has 10 rings (SSSR count). The zero-order valence-electron chi connectivity index (χ0n) is 28.7. The van der Waals surface area contributed by atoms with Crippen LogP contribution in [0, 0.1) is 0 Å². The zero-order valence-corrected chi connectivity index (χ0v) is 28.7. The van der Waals surface area contributed by atoms with Gasteiger partial charge in [-0.1, -0.05) is 135 Å². The van der Waals surface area contributed by atoms with Gasteiger partial charge in [-0.3, -0.25) is 0 Å². The molecule has 0 fully saturated rings. The van der Waals surface area contributed by atoms with E-state index >= 15 is 0 Å². The fourth-order valence-corrected chi connectivity index (χ4v) is 8.56. The van der Waals surface area contributed by atoms with Gasteiger partial charge >= 0.3 is 0 Å². The maximum absolute atomic E-state index is 2.43. The van der Waals surface area contributed by atoms with Gasteiger partial charge in [0.05, 0.1) is 16.7 Å². The Hall–Kier alpha value is -6.38. The van der Waals surface area contributed by atoms with Crippen molar-refractivity contribution >= 4 is 49.6 Å². The molecule has 1 aliphatic rings. The highest BCUT2D eigenvalue weighted by molar-refractivity contribution is 6.12. The molecule has 1 aromatic heterocycles. The van der Waals surface area contributed by atoms with Crippen LogP contribution < -0.4 is 4.90 Å². The van der Waals surface area contributed by atoms with E-state index in [1.165, 1.54) is 66.0 Å². The summed E-state index contributed by atoms with van der Waals surface area (Å²) in [4.78, 5) is 2.42. The van der Waals surface area contributed by atoms with Crippen LogP contribution in [-0.2, 0) is 5.41 Å². The molecule has 0 amide bonds. The summed E-state index contributed by atoms with van der Waals surface area (Å²) in [5.74, 6) is 0. The molecular formula is C49H36N2. The highest BCUT2D eigenvalue weighted by Crippen LogP contribution is 2.50. The number of rotatable bonds is 5. The molecule has 0 bridgehead atoms. The second-order valence-electron chi connectivity index (χ2n) is 14.2. The molecule has 0 atom stereocenters. The average Bonchev–Trinajstić information content (AvgIpc) is 3.64. The summed E-state index contributed by atoms with van der Waals surface area (Å²) in [6.07, 6.45) is 0. The monoisotopic (exact) mass is 652 g/mol. The first-order valence-corrected chi connectivity index (χ1v) is 17.8. The zero-order chi connectivity index (χ0) is 34.1. The lowest BCUT2D eigenvalue weighted by Gasteiger charge is -2.28. The van der Waals surface area contributed by atoms with Crippen LogP contribution in [0.25, 0.3) is 60.5 Å². The molecule has 0 radical (unpaired) electrons. The Morgan fingerprint density at radius 1 is 0.412 bits per heavy atom. The van der Waals surface area contributed by atoms with E-state index in [0.717, 1.165) is 22.7 Å². The van der Waals surface area contributed by atoms with Crippen molar-refractivity contribution in [3.8, 4) is 27.9 Å². The third-order valence-corrected chi connectivity index (χ3v) is 11.0. The summed E-state index contributed by atoms with van der Waals surface area (Å²) >= 11 is 0. The normalized spacial score (nSPS) is 13.1. The lowest BCUT2D eigenvalue weighted by Crippen LogP contribution is -2.14. The summed E-state index contributed by atoms with van der Waals surface area (Å²) in [6, 6.07) is 66.6. The quantitative estimate of drug-likeness (QED) is 0.180. The summed E-state index contributed by atoms with van der Waals surface area (Å²) in [5, 5.41) is 4.93. The molecule has 9 aromatic rings. The molecule has 1 aliphatic carbocycles. The van der Waals surface area contributed by atoms with Crippen molar-refractivity contribution < 1.29 is 0 Å². The largest absolute Gasteiger partial charge is 0.310 e. The van der Waals surface area contributed by atoms with Crippen LogP contribution in [0.4, 0.5) is 17.1 Å². The summed E-state index contributed by atoms with van der Waals surface area (Å²) in [7, 11) is 0. The molecule has 0 spiro atoms. The maximum atomic E-state index is 2.43. The first-order chi connectivity index (χ1) is 25.1. The summed E-state index contributed by atoms with van der Waals surface area (Å²) in [5.41, 5.74) is 14.9. The number of nitrogens with zero attached hydrogens (tertiary/aromatic N) is 2. The first-order valence-electron chi connectivity index (χ1n) is 17.8. The van der Waals surface area contributed by atoms with Gasteiger partial charge in [0.2, 0.25) is 0 Å². The van der Waals surface area contributed by atoms with E-state index in [2.05, 4.69) is 205 Å². The fourth-order valence-electron chi connectivity index (χ4n) is 8.56. The second-order valence-corrected chi connectivity index (χ2v) is 14.2. The molecule has 2 nitrogen and oxygen atoms in total. The van der Waals surface area contributed by atoms with E-state index in [1.807, 2.05) is 0 Å². The number of anilines is 3. The second kappa shape index (κ2) is 11.3. The lowest BCUT2D eigenvalue weighted by molar-refractivity contribution is 0.660. The molecule has 242 valence electrons. The van der Waals surface area contributed by atoms with E-state index in [1.54, 1.807) is 0 Å². The van der Waals surface area contributed by atoms with Crippen LogP contribution in [-0.4, -0.2) is 4.57 Å². The SMILES string of the molecule is CC1(C)c2ccccc2-c2ccc(-c3ccc(N(c4ccccc4)c4ccc5c(c4)c4ccccc4n5-c4ccccc4)c4ccccc34)cc21. The number of fused-ring (bicyclic) bond motifs is 7. The van der Waals surface area contributed by atoms with Gasteiger partial charge in [0.15, 0.2) is 0 Å². The van der Waals surface area contributed by atoms with Crippen molar-refractivity contribution in [1.29, 1.82) is 0 Å². The first kappa shape index (κ1) is 29.5. The molecule has 0 unspecified atom stereocenters. The van der Waals surface area contributed by atoms with E-state index in [0.29, 0.717) is 0 Å². The number of hydrogen-bond acceptors (Lipinski definition) is 1. The number of hydrogen-bond donors (Lipinski definition) is 0. The molecule has 0 saturated heterocycles. The minimum Gasteiger partial charge on any atom is -0.310 e. The molecule has 1 heterocycles. The Morgan fingerprint density at radius 3 is 1.86 bits per heavy atom. The van der Waals surface area contributed by atoms with Gasteiger partial charge in [-0.2, -0.15) is 0 Å². The number of benzene rings is 8. The maximum Gasteiger partial charge on any atom is 0.0542 e. The molecule has 0 saturated carbocycles. The van der Waals surface area contributed by atoms with Gasteiger partial charge in [0.1, 0.15) is 0 Å². The average molecular weight is 653 g/mol. The van der Waals surface area contributed by atoms with E-state index in [4.69, 9.17) is 0 Å². The topological polar surface area (TPSA) is 8.17 Å². The van der Waals surface area contributed by atoms with Crippen molar-refractivity contribution in [2.75, 3.05) is 4.90 Å². The molecule has 0 N–H and O–H groups in total. The van der Waals surface area contributed by atoms with Crippen molar-refractivity contribution in [2.24, 2.45) is 0 Å². The smallest absolute Gasteiger partial charge is 0.0542 e. The predicted octanol–water partition coefficient (Wildman–Crippen LogP) is 13.4. The highest BCUT2D eigenvalue weighted by atomic mass is 15.1. The molecular weight excluding hydrogens is 617 g/mol. The molecule has 2 heteroatoms. The molecule has 51 heavy (non-hydrogen) atoms. The summed E-state index contributed by atoms with van der Waals surface area (Å²) in [6.45, 7) is 4.71. The third kappa shape index (κ3) is 4.50. The van der Waals surface area contributed by atoms with Crippen molar-refractivity contribution in [3.05, 3.63) is 193 Å². The van der Waals surface area contributed by atoms with Crippen LogP contribution in [0.1, 0.15) is 25.0 Å². The van der Waals surface area contributed by atoms with Gasteiger partial charge in [0.25, 0.3) is 0 Å².